The molecule has 5 heteroatoms. The summed E-state index contributed by atoms with van der Waals surface area (Å²) in [4.78, 5) is 12.4. The monoisotopic (exact) mass is 397 g/mol. The molecule has 3 rings (SSSR count). The largest absolute Gasteiger partial charge is 0.349 e. The molecule has 0 aliphatic heterocycles. The third-order valence-corrected chi connectivity index (χ3v) is 5.01. The number of amides is 1. The van der Waals surface area contributed by atoms with Crippen LogP contribution in [0.15, 0.2) is 52.6 Å². The second-order valence-corrected chi connectivity index (χ2v) is 7.17. The Morgan fingerprint density at radius 3 is 2.60 bits per heavy atom. The standard InChI is InChI=1S/C20H20BrN3O/c21-16-8-10-18(11-9-16)24-12-4-7-19(24)13-15(14-22)20(25)23-17-5-2-1-3-6-17/h4,7-13,17H,1-3,5-6H2,(H,23,25). The maximum Gasteiger partial charge on any atom is 0.262 e. The van der Waals surface area contributed by atoms with E-state index >= 15 is 0 Å². The summed E-state index contributed by atoms with van der Waals surface area (Å²) in [5, 5.41) is 12.4. The maximum atomic E-state index is 12.4. The van der Waals surface area contributed by atoms with Crippen LogP contribution in [0.5, 0.6) is 0 Å². The predicted octanol–water partition coefficient (Wildman–Crippen LogP) is 4.60. The number of rotatable bonds is 4. The summed E-state index contributed by atoms with van der Waals surface area (Å²) in [6.45, 7) is 0. The molecule has 1 aliphatic carbocycles. The van der Waals surface area contributed by atoms with E-state index in [1.165, 1.54) is 6.42 Å². The van der Waals surface area contributed by atoms with Gasteiger partial charge in [-0.25, -0.2) is 0 Å². The number of hydrogen-bond acceptors (Lipinski definition) is 2. The number of nitriles is 1. The van der Waals surface area contributed by atoms with Gasteiger partial charge in [0, 0.05) is 28.1 Å². The average molecular weight is 398 g/mol. The number of aromatic nitrogens is 1. The number of carbonyl (C=O) groups is 1. The van der Waals surface area contributed by atoms with E-state index in [2.05, 4.69) is 21.2 Å². The Morgan fingerprint density at radius 2 is 1.92 bits per heavy atom. The molecule has 1 saturated carbocycles. The minimum absolute atomic E-state index is 0.141. The first kappa shape index (κ1) is 17.5. The summed E-state index contributed by atoms with van der Waals surface area (Å²) < 4.78 is 2.96. The Morgan fingerprint density at radius 1 is 1.20 bits per heavy atom. The van der Waals surface area contributed by atoms with Gasteiger partial charge in [0.1, 0.15) is 11.6 Å². The topological polar surface area (TPSA) is 57.8 Å². The molecule has 0 saturated heterocycles. The molecule has 1 aromatic carbocycles. The van der Waals surface area contributed by atoms with Crippen molar-refractivity contribution in [3.8, 4) is 11.8 Å². The summed E-state index contributed by atoms with van der Waals surface area (Å²) >= 11 is 3.43. The molecule has 1 N–H and O–H groups in total. The lowest BCUT2D eigenvalue weighted by Gasteiger charge is -2.22. The number of carbonyl (C=O) groups excluding carboxylic acids is 1. The van der Waals surface area contributed by atoms with E-state index in [4.69, 9.17) is 0 Å². The van der Waals surface area contributed by atoms with Gasteiger partial charge in [-0.1, -0.05) is 35.2 Å². The third kappa shape index (κ3) is 4.40. The fourth-order valence-corrected chi connectivity index (χ4v) is 3.42. The second kappa shape index (κ2) is 8.17. The van der Waals surface area contributed by atoms with Crippen LogP contribution in [0.4, 0.5) is 0 Å². The molecule has 0 spiro atoms. The Hall–Kier alpha value is -2.32. The van der Waals surface area contributed by atoms with Gasteiger partial charge in [0.2, 0.25) is 0 Å². The van der Waals surface area contributed by atoms with E-state index in [1.54, 1.807) is 6.08 Å². The van der Waals surface area contributed by atoms with Crippen molar-refractivity contribution in [3.05, 3.63) is 58.3 Å². The zero-order valence-electron chi connectivity index (χ0n) is 13.9. The zero-order valence-corrected chi connectivity index (χ0v) is 15.5. The van der Waals surface area contributed by atoms with Crippen molar-refractivity contribution in [2.45, 2.75) is 38.1 Å². The highest BCUT2D eigenvalue weighted by Gasteiger charge is 2.18. The summed E-state index contributed by atoms with van der Waals surface area (Å²) in [6, 6.07) is 13.9. The van der Waals surface area contributed by atoms with Crippen LogP contribution in [0, 0.1) is 11.3 Å². The molecule has 128 valence electrons. The van der Waals surface area contributed by atoms with E-state index < -0.39 is 0 Å². The summed E-state index contributed by atoms with van der Waals surface area (Å²) in [5.74, 6) is -0.280. The van der Waals surface area contributed by atoms with Gasteiger partial charge in [0.25, 0.3) is 5.91 Å². The van der Waals surface area contributed by atoms with Gasteiger partial charge >= 0.3 is 0 Å². The molecule has 4 nitrogen and oxygen atoms in total. The third-order valence-electron chi connectivity index (χ3n) is 4.48. The lowest BCUT2D eigenvalue weighted by Crippen LogP contribution is -2.36. The molecule has 0 bridgehead atoms. The molecule has 0 unspecified atom stereocenters. The Kier molecular flexibility index (Phi) is 5.72. The number of benzene rings is 1. The molecular formula is C20H20BrN3O. The van der Waals surface area contributed by atoms with E-state index in [1.807, 2.05) is 53.2 Å². The SMILES string of the molecule is N#CC(=Cc1cccn1-c1ccc(Br)cc1)C(=O)NC1CCCCC1. The lowest BCUT2D eigenvalue weighted by molar-refractivity contribution is -0.117. The number of halogens is 1. The van der Waals surface area contributed by atoms with Crippen molar-refractivity contribution in [1.29, 1.82) is 5.26 Å². The van der Waals surface area contributed by atoms with Gasteiger partial charge in [-0.3, -0.25) is 4.79 Å². The van der Waals surface area contributed by atoms with Crippen LogP contribution in [-0.4, -0.2) is 16.5 Å². The van der Waals surface area contributed by atoms with Crippen molar-refractivity contribution in [3.63, 3.8) is 0 Å². The number of nitrogens with zero attached hydrogens (tertiary/aromatic N) is 2. The van der Waals surface area contributed by atoms with Crippen LogP contribution >= 0.6 is 15.9 Å². The van der Waals surface area contributed by atoms with Gasteiger partial charge in [-0.05, 0) is 55.3 Å². The van der Waals surface area contributed by atoms with Gasteiger partial charge in [0.05, 0.1) is 0 Å². The summed E-state index contributed by atoms with van der Waals surface area (Å²) in [5.41, 5.74) is 1.92. The molecule has 1 heterocycles. The van der Waals surface area contributed by atoms with Crippen LogP contribution in [0.25, 0.3) is 11.8 Å². The predicted molar refractivity (Wildman–Crippen MR) is 102 cm³/mol. The average Bonchev–Trinajstić information content (AvgIpc) is 3.09. The van der Waals surface area contributed by atoms with Crippen LogP contribution in [0.2, 0.25) is 0 Å². The first-order valence-corrected chi connectivity index (χ1v) is 9.32. The van der Waals surface area contributed by atoms with Crippen molar-refractivity contribution in [1.82, 2.24) is 9.88 Å². The van der Waals surface area contributed by atoms with E-state index in [0.717, 1.165) is 41.5 Å². The van der Waals surface area contributed by atoms with E-state index in [-0.39, 0.29) is 17.5 Å². The van der Waals surface area contributed by atoms with Crippen molar-refractivity contribution in [2.75, 3.05) is 0 Å². The van der Waals surface area contributed by atoms with Crippen molar-refractivity contribution < 1.29 is 4.79 Å². The van der Waals surface area contributed by atoms with E-state index in [0.29, 0.717) is 0 Å². The van der Waals surface area contributed by atoms with Crippen molar-refractivity contribution >= 4 is 27.9 Å². The fraction of sp³-hybridized carbons (Fsp3) is 0.300. The first-order chi connectivity index (χ1) is 12.2. The molecule has 0 radical (unpaired) electrons. The van der Waals surface area contributed by atoms with E-state index in [9.17, 15) is 10.1 Å². The van der Waals surface area contributed by atoms with Gasteiger partial charge in [-0.2, -0.15) is 5.26 Å². The van der Waals surface area contributed by atoms with Gasteiger partial charge < -0.3 is 9.88 Å². The van der Waals surface area contributed by atoms with Crippen LogP contribution in [0.3, 0.4) is 0 Å². The first-order valence-electron chi connectivity index (χ1n) is 8.53. The van der Waals surface area contributed by atoms with Crippen molar-refractivity contribution in [2.24, 2.45) is 0 Å². The Labute approximate surface area is 156 Å². The van der Waals surface area contributed by atoms with Gasteiger partial charge in [0.15, 0.2) is 0 Å². The normalized spacial score (nSPS) is 15.6. The lowest BCUT2D eigenvalue weighted by atomic mass is 9.95. The molecule has 2 aromatic rings. The van der Waals surface area contributed by atoms with Crippen LogP contribution < -0.4 is 5.32 Å². The molecule has 0 atom stereocenters. The molecule has 1 aromatic heterocycles. The van der Waals surface area contributed by atoms with Gasteiger partial charge in [-0.15, -0.1) is 0 Å². The molecule has 1 fully saturated rings. The summed E-state index contributed by atoms with van der Waals surface area (Å²) in [6.07, 6.45) is 9.09. The molecule has 1 aliphatic rings. The molecule has 25 heavy (non-hydrogen) atoms. The maximum absolute atomic E-state index is 12.4. The minimum Gasteiger partial charge on any atom is -0.349 e. The highest BCUT2D eigenvalue weighted by Crippen LogP contribution is 2.20. The highest BCUT2D eigenvalue weighted by atomic mass is 79.9. The zero-order chi connectivity index (χ0) is 17.6. The second-order valence-electron chi connectivity index (χ2n) is 6.26. The number of nitrogens with one attached hydrogen (secondary N) is 1. The Balaban J connectivity index is 1.81. The minimum atomic E-state index is -0.280. The van der Waals surface area contributed by atoms with Crippen LogP contribution in [-0.2, 0) is 4.79 Å². The van der Waals surface area contributed by atoms with Crippen LogP contribution in [0.1, 0.15) is 37.8 Å². The smallest absolute Gasteiger partial charge is 0.262 e. The fourth-order valence-electron chi connectivity index (χ4n) is 3.16. The number of hydrogen-bond donors (Lipinski definition) is 1. The molecule has 1 amide bonds. The quantitative estimate of drug-likeness (QED) is 0.605. The Bertz CT molecular complexity index is 808. The summed E-state index contributed by atoms with van der Waals surface area (Å²) in [7, 11) is 0. The molecular weight excluding hydrogens is 378 g/mol. The highest BCUT2D eigenvalue weighted by molar-refractivity contribution is 9.10.